The van der Waals surface area contributed by atoms with Crippen molar-refractivity contribution in [2.75, 3.05) is 13.1 Å². The molecule has 1 unspecified atom stereocenters. The smallest absolute Gasteiger partial charge is 0.311 e. The summed E-state index contributed by atoms with van der Waals surface area (Å²) in [6.07, 6.45) is 2.95. The predicted molar refractivity (Wildman–Crippen MR) is 70.4 cm³/mol. The van der Waals surface area contributed by atoms with Gasteiger partial charge in [-0.05, 0) is 13.3 Å². The molecule has 2 rings (SSSR count). The summed E-state index contributed by atoms with van der Waals surface area (Å²) >= 11 is 0. The molecule has 0 radical (unpaired) electrons. The summed E-state index contributed by atoms with van der Waals surface area (Å²) in [5, 5.41) is 23.4. The van der Waals surface area contributed by atoms with E-state index >= 15 is 0 Å². The van der Waals surface area contributed by atoms with Crippen molar-refractivity contribution in [1.29, 1.82) is 0 Å². The average Bonchev–Trinajstić information content (AvgIpc) is 3.03. The molecule has 0 saturated carbocycles. The number of hydrogen-bond acceptors (Lipinski definition) is 5. The Morgan fingerprint density at radius 3 is 2.81 bits per heavy atom. The van der Waals surface area contributed by atoms with Crippen molar-refractivity contribution in [3.05, 3.63) is 22.5 Å². The Morgan fingerprint density at radius 1 is 1.57 bits per heavy atom. The predicted octanol–water partition coefficient (Wildman–Crippen LogP) is 0.505. The van der Waals surface area contributed by atoms with Gasteiger partial charge in [-0.15, -0.1) is 0 Å². The second-order valence-electron chi connectivity index (χ2n) is 5.40. The van der Waals surface area contributed by atoms with Gasteiger partial charge in [-0.25, -0.2) is 0 Å². The SMILES string of the molecule is CC1(C(=O)O)CCN(C(=O)CCn2cc([N+](=O)[O-])cn2)C1. The first-order valence-corrected chi connectivity index (χ1v) is 6.50. The standard InChI is InChI=1S/C12H16N4O5/c1-12(11(18)19)3-5-14(8-12)10(17)2-4-15-7-9(6-13-15)16(20)21/h6-7H,2-5,8H2,1H3,(H,18,19). The molecular weight excluding hydrogens is 280 g/mol. The second-order valence-corrected chi connectivity index (χ2v) is 5.40. The molecule has 2 heterocycles. The highest BCUT2D eigenvalue weighted by Gasteiger charge is 2.41. The highest BCUT2D eigenvalue weighted by molar-refractivity contribution is 5.80. The molecule has 1 atom stereocenters. The van der Waals surface area contributed by atoms with Crippen molar-refractivity contribution in [3.8, 4) is 0 Å². The number of carboxylic acids is 1. The number of carbonyl (C=O) groups is 2. The van der Waals surface area contributed by atoms with E-state index < -0.39 is 16.3 Å². The van der Waals surface area contributed by atoms with Crippen LogP contribution in [0, 0.1) is 15.5 Å². The van der Waals surface area contributed by atoms with Crippen molar-refractivity contribution < 1.29 is 19.6 Å². The topological polar surface area (TPSA) is 119 Å². The van der Waals surface area contributed by atoms with Crippen molar-refractivity contribution >= 4 is 17.6 Å². The minimum Gasteiger partial charge on any atom is -0.481 e. The first kappa shape index (κ1) is 14.9. The van der Waals surface area contributed by atoms with Gasteiger partial charge < -0.3 is 10.0 Å². The van der Waals surface area contributed by atoms with E-state index in [2.05, 4.69) is 5.10 Å². The van der Waals surface area contributed by atoms with Crippen molar-refractivity contribution in [2.24, 2.45) is 5.41 Å². The number of amides is 1. The summed E-state index contributed by atoms with van der Waals surface area (Å²) in [4.78, 5) is 34.6. The number of aliphatic carboxylic acids is 1. The summed E-state index contributed by atoms with van der Waals surface area (Å²) in [5.74, 6) is -1.07. The third-order valence-electron chi connectivity index (χ3n) is 3.73. The normalized spacial score (nSPS) is 21.5. The van der Waals surface area contributed by atoms with Crippen LogP contribution in [0.3, 0.4) is 0 Å². The van der Waals surface area contributed by atoms with E-state index in [0.29, 0.717) is 13.0 Å². The van der Waals surface area contributed by atoms with Crippen LogP contribution in [0.25, 0.3) is 0 Å². The Hall–Kier alpha value is -2.45. The van der Waals surface area contributed by atoms with Gasteiger partial charge >= 0.3 is 11.7 Å². The van der Waals surface area contributed by atoms with Gasteiger partial charge in [0, 0.05) is 26.1 Å². The van der Waals surface area contributed by atoms with Gasteiger partial charge in [0.25, 0.3) is 0 Å². The van der Waals surface area contributed by atoms with Crippen LogP contribution in [-0.4, -0.2) is 49.7 Å². The second kappa shape index (κ2) is 5.51. The van der Waals surface area contributed by atoms with Crippen molar-refractivity contribution in [3.63, 3.8) is 0 Å². The Kier molecular flexibility index (Phi) is 3.92. The lowest BCUT2D eigenvalue weighted by Crippen LogP contribution is -2.35. The van der Waals surface area contributed by atoms with Crippen LogP contribution in [0.4, 0.5) is 5.69 Å². The molecule has 9 heteroatoms. The lowest BCUT2D eigenvalue weighted by molar-refractivity contribution is -0.385. The zero-order valence-electron chi connectivity index (χ0n) is 11.6. The number of aromatic nitrogens is 2. The van der Waals surface area contributed by atoms with Gasteiger partial charge in [0.1, 0.15) is 12.4 Å². The van der Waals surface area contributed by atoms with E-state index in [9.17, 15) is 19.7 Å². The molecule has 1 aromatic heterocycles. The summed E-state index contributed by atoms with van der Waals surface area (Å²) in [6.45, 7) is 2.47. The number of carboxylic acid groups (broad SMARTS) is 1. The minimum atomic E-state index is -0.902. The van der Waals surface area contributed by atoms with E-state index in [4.69, 9.17) is 5.11 Å². The maximum atomic E-state index is 12.0. The van der Waals surface area contributed by atoms with Crippen molar-refractivity contribution in [2.45, 2.75) is 26.3 Å². The summed E-state index contributed by atoms with van der Waals surface area (Å²) in [6, 6.07) is 0. The minimum absolute atomic E-state index is 0.123. The van der Waals surface area contributed by atoms with E-state index in [1.807, 2.05) is 0 Å². The van der Waals surface area contributed by atoms with Gasteiger partial charge in [-0.2, -0.15) is 5.10 Å². The maximum absolute atomic E-state index is 12.0. The average molecular weight is 296 g/mol. The Balaban J connectivity index is 1.88. The van der Waals surface area contributed by atoms with Gasteiger partial charge in [-0.3, -0.25) is 24.4 Å². The molecule has 0 bridgehead atoms. The molecule has 1 aliphatic rings. The third kappa shape index (κ3) is 3.18. The number of carbonyl (C=O) groups excluding carboxylic acids is 1. The number of nitro groups is 1. The fourth-order valence-electron chi connectivity index (χ4n) is 2.29. The highest BCUT2D eigenvalue weighted by Crippen LogP contribution is 2.30. The Labute approximate surface area is 120 Å². The number of nitrogens with zero attached hydrogens (tertiary/aromatic N) is 4. The fourth-order valence-corrected chi connectivity index (χ4v) is 2.29. The molecule has 1 fully saturated rings. The van der Waals surface area contributed by atoms with Crippen LogP contribution in [0.5, 0.6) is 0 Å². The van der Waals surface area contributed by atoms with Gasteiger partial charge in [0.15, 0.2) is 0 Å². The molecule has 114 valence electrons. The Bertz CT molecular complexity index is 584. The Morgan fingerprint density at radius 2 is 2.29 bits per heavy atom. The molecule has 0 aromatic carbocycles. The molecule has 9 nitrogen and oxygen atoms in total. The molecule has 21 heavy (non-hydrogen) atoms. The molecule has 1 saturated heterocycles. The third-order valence-corrected chi connectivity index (χ3v) is 3.73. The van der Waals surface area contributed by atoms with Crippen LogP contribution in [0.15, 0.2) is 12.4 Å². The summed E-state index contributed by atoms with van der Waals surface area (Å²) in [7, 11) is 0. The number of hydrogen-bond donors (Lipinski definition) is 1. The molecule has 1 N–H and O–H groups in total. The van der Waals surface area contributed by atoms with Crippen LogP contribution in [-0.2, 0) is 16.1 Å². The number of rotatable bonds is 5. The first-order valence-electron chi connectivity index (χ1n) is 6.50. The van der Waals surface area contributed by atoms with E-state index in [1.165, 1.54) is 15.8 Å². The summed E-state index contributed by atoms with van der Waals surface area (Å²) < 4.78 is 1.34. The monoisotopic (exact) mass is 296 g/mol. The molecule has 0 spiro atoms. The number of likely N-dealkylation sites (tertiary alicyclic amines) is 1. The largest absolute Gasteiger partial charge is 0.481 e. The summed E-state index contributed by atoms with van der Waals surface area (Å²) in [5.41, 5.74) is -1.01. The number of aryl methyl sites for hydroxylation is 1. The van der Waals surface area contributed by atoms with Crippen LogP contribution < -0.4 is 0 Å². The van der Waals surface area contributed by atoms with Crippen LogP contribution >= 0.6 is 0 Å². The molecular formula is C12H16N4O5. The zero-order chi connectivity index (χ0) is 15.6. The van der Waals surface area contributed by atoms with E-state index in [0.717, 1.165) is 6.20 Å². The van der Waals surface area contributed by atoms with E-state index in [-0.39, 0.29) is 31.1 Å². The van der Waals surface area contributed by atoms with Crippen molar-refractivity contribution in [1.82, 2.24) is 14.7 Å². The zero-order valence-corrected chi connectivity index (χ0v) is 11.6. The molecule has 1 aliphatic heterocycles. The van der Waals surface area contributed by atoms with Crippen LogP contribution in [0.2, 0.25) is 0 Å². The van der Waals surface area contributed by atoms with E-state index in [1.54, 1.807) is 6.92 Å². The first-order chi connectivity index (χ1) is 9.82. The van der Waals surface area contributed by atoms with Gasteiger partial charge in [-0.1, -0.05) is 0 Å². The maximum Gasteiger partial charge on any atom is 0.311 e. The molecule has 1 amide bonds. The molecule has 0 aliphatic carbocycles. The quantitative estimate of drug-likeness (QED) is 0.624. The van der Waals surface area contributed by atoms with Gasteiger partial charge in [0.2, 0.25) is 5.91 Å². The highest BCUT2D eigenvalue weighted by atomic mass is 16.6. The lowest BCUT2D eigenvalue weighted by Gasteiger charge is -2.20. The fraction of sp³-hybridized carbons (Fsp3) is 0.583. The van der Waals surface area contributed by atoms with Crippen LogP contribution in [0.1, 0.15) is 19.8 Å². The molecule has 1 aromatic rings. The lowest BCUT2D eigenvalue weighted by atomic mass is 9.90. The van der Waals surface area contributed by atoms with Gasteiger partial charge in [0.05, 0.1) is 10.3 Å².